The number of hydrogen-bond acceptors (Lipinski definition) is 8. The number of allylic oxidation sites excluding steroid dienone is 32. The van der Waals surface area contributed by atoms with Crippen molar-refractivity contribution < 1.29 is 40.9 Å². The molecule has 2 unspecified atom stereocenters. The normalized spacial score (nSPS) is 17.2. The second kappa shape index (κ2) is 75.1. The number of aliphatic hydroxyl groups is 8. The van der Waals surface area contributed by atoms with Crippen LogP contribution >= 0.6 is 0 Å². The van der Waals surface area contributed by atoms with Gasteiger partial charge in [0.25, 0.3) is 0 Å². The Bertz CT molecular complexity index is 2270. The Labute approximate surface area is 613 Å². The summed E-state index contributed by atoms with van der Waals surface area (Å²) in [4.78, 5) is 0. The van der Waals surface area contributed by atoms with Crippen LogP contribution in [-0.2, 0) is 0 Å². The van der Waals surface area contributed by atoms with Crippen molar-refractivity contribution in [1.29, 1.82) is 0 Å². The van der Waals surface area contributed by atoms with Crippen molar-refractivity contribution in [3.63, 3.8) is 0 Å². The first kappa shape index (κ1) is 99.8. The highest BCUT2D eigenvalue weighted by Gasteiger charge is 2.15. The van der Waals surface area contributed by atoms with Crippen molar-refractivity contribution in [2.75, 3.05) is 0 Å². The van der Waals surface area contributed by atoms with E-state index in [0.717, 1.165) is 103 Å². The molecule has 0 fully saturated rings. The summed E-state index contributed by atoms with van der Waals surface area (Å²) in [5.41, 5.74) is -3.38. The average Bonchev–Trinajstić information content (AvgIpc) is 1.02. The van der Waals surface area contributed by atoms with Gasteiger partial charge in [0.2, 0.25) is 0 Å². The molecule has 8 nitrogen and oxygen atoms in total. The van der Waals surface area contributed by atoms with Crippen LogP contribution in [0.25, 0.3) is 0 Å². The standard InChI is InChI=1S/4C23H36O2/c4*1-4-6-8-10-12-16-20-23(3,25)21-17-13-11-15-19-22(24)18-14-9-7-5-2/h4*6,8-9,11-17,19,21-22,24-25H,4-5,7,10,18,20H2,1-3H3/b4*8-6-,13-11+,14-9-,16-12-,19-15+,21-17-/t3*22-,23+;/m111./s1. The van der Waals surface area contributed by atoms with Gasteiger partial charge in [0.05, 0.1) is 46.8 Å². The van der Waals surface area contributed by atoms with E-state index < -0.39 is 46.8 Å². The first-order chi connectivity index (χ1) is 48.1. The lowest BCUT2D eigenvalue weighted by atomic mass is 10.0. The molecule has 8 atom stereocenters. The molecular formula is C92H144O8. The minimum absolute atomic E-state index is 0.447. The summed E-state index contributed by atoms with van der Waals surface area (Å²) in [5.74, 6) is 0. The van der Waals surface area contributed by atoms with Crippen LogP contribution in [0.15, 0.2) is 292 Å². The Morgan fingerprint density at radius 1 is 0.220 bits per heavy atom. The zero-order valence-corrected chi connectivity index (χ0v) is 64.6. The van der Waals surface area contributed by atoms with Gasteiger partial charge in [-0.15, -0.1) is 0 Å². The van der Waals surface area contributed by atoms with Gasteiger partial charge >= 0.3 is 0 Å². The van der Waals surface area contributed by atoms with Crippen LogP contribution in [0, 0.1) is 0 Å². The van der Waals surface area contributed by atoms with Crippen molar-refractivity contribution in [3.8, 4) is 0 Å². The fraction of sp³-hybridized carbons (Fsp3) is 0.478. The minimum atomic E-state index is -0.845. The lowest BCUT2D eigenvalue weighted by Gasteiger charge is -2.15. The summed E-state index contributed by atoms with van der Waals surface area (Å²) in [6.45, 7) is 24.2. The highest BCUT2D eigenvalue weighted by Crippen LogP contribution is 2.16. The van der Waals surface area contributed by atoms with Crippen LogP contribution in [0.3, 0.4) is 0 Å². The lowest BCUT2D eigenvalue weighted by molar-refractivity contribution is 0.114. The third-order valence-corrected chi connectivity index (χ3v) is 14.0. The van der Waals surface area contributed by atoms with Crippen molar-refractivity contribution in [1.82, 2.24) is 0 Å². The fourth-order valence-corrected chi connectivity index (χ4v) is 8.04. The van der Waals surface area contributed by atoms with E-state index >= 15 is 0 Å². The van der Waals surface area contributed by atoms with Crippen LogP contribution < -0.4 is 0 Å². The molecule has 0 heterocycles. The van der Waals surface area contributed by atoms with E-state index in [1.165, 1.54) is 0 Å². The van der Waals surface area contributed by atoms with Gasteiger partial charge in [-0.1, -0.05) is 373 Å². The average molecular weight is 1380 g/mol. The predicted octanol–water partition coefficient (Wildman–Crippen LogP) is 23.3. The SMILES string of the molecule is CC/C=C\C/C=C\CC(C)(O)\C=C/C=C/C=C/C(O)C/C=C\CCC.CC/C=C\C/C=C\C[C@](C)(O)\C=C/C=C/C=C/[C@H](O)C/C=C\CCC.CC/C=C\C/C=C\C[C@](C)(O)\C=C/C=C/C=C/[C@H](O)C/C=C\CCC.CC/C=C\C/C=C\C[C@](C)(O)\C=C/C=C/C=C/[C@H](O)C/C=C\CCC. The smallest absolute Gasteiger partial charge is 0.0836 e. The molecule has 8 N–H and O–H groups in total. The zero-order chi connectivity index (χ0) is 75.2. The van der Waals surface area contributed by atoms with Gasteiger partial charge in [-0.3, -0.25) is 0 Å². The van der Waals surface area contributed by atoms with Gasteiger partial charge < -0.3 is 40.9 Å². The van der Waals surface area contributed by atoms with E-state index in [4.69, 9.17) is 0 Å². The van der Waals surface area contributed by atoms with E-state index in [1.54, 1.807) is 76.3 Å². The first-order valence-electron chi connectivity index (χ1n) is 37.6. The van der Waals surface area contributed by atoms with Crippen molar-refractivity contribution in [3.05, 3.63) is 292 Å². The molecule has 0 aromatic heterocycles. The van der Waals surface area contributed by atoms with Crippen LogP contribution in [0.2, 0.25) is 0 Å². The molecule has 0 saturated heterocycles. The van der Waals surface area contributed by atoms with Gasteiger partial charge in [-0.05, 0) is 156 Å². The van der Waals surface area contributed by atoms with Crippen LogP contribution in [-0.4, -0.2) is 87.7 Å². The number of unbranched alkanes of at least 4 members (excludes halogenated alkanes) is 4. The fourth-order valence-electron chi connectivity index (χ4n) is 8.04. The van der Waals surface area contributed by atoms with Crippen LogP contribution in [0.5, 0.6) is 0 Å². The highest BCUT2D eigenvalue weighted by atomic mass is 16.3. The van der Waals surface area contributed by atoms with Crippen molar-refractivity contribution >= 4 is 0 Å². The summed E-state index contributed by atoms with van der Waals surface area (Å²) < 4.78 is 0. The largest absolute Gasteiger partial charge is 0.389 e. The van der Waals surface area contributed by atoms with Gasteiger partial charge in [-0.25, -0.2) is 0 Å². The molecular weight excluding hydrogens is 1230 g/mol. The minimum Gasteiger partial charge on any atom is -0.389 e. The van der Waals surface area contributed by atoms with E-state index in [1.807, 2.05) is 146 Å². The topological polar surface area (TPSA) is 162 Å². The Hall–Kier alpha value is -6.56. The maximum absolute atomic E-state index is 10.2. The van der Waals surface area contributed by atoms with Gasteiger partial charge in [0, 0.05) is 0 Å². The molecule has 560 valence electrons. The molecule has 0 amide bonds. The quantitative estimate of drug-likeness (QED) is 0.0221. The predicted molar refractivity (Wildman–Crippen MR) is 442 cm³/mol. The molecule has 0 aromatic rings. The lowest BCUT2D eigenvalue weighted by Crippen LogP contribution is -2.18. The Balaban J connectivity index is -0.000000614. The van der Waals surface area contributed by atoms with Gasteiger partial charge in [-0.2, -0.15) is 0 Å². The third-order valence-electron chi connectivity index (χ3n) is 14.0. The van der Waals surface area contributed by atoms with E-state index in [-0.39, 0.29) is 0 Å². The van der Waals surface area contributed by atoms with Crippen molar-refractivity contribution in [2.45, 2.75) is 284 Å². The van der Waals surface area contributed by atoms with E-state index in [9.17, 15) is 40.9 Å². The summed E-state index contributed by atoms with van der Waals surface area (Å²) in [7, 11) is 0. The van der Waals surface area contributed by atoms with Gasteiger partial charge in [0.1, 0.15) is 0 Å². The molecule has 0 rings (SSSR count). The van der Waals surface area contributed by atoms with Crippen LogP contribution in [0.4, 0.5) is 0 Å². The monoisotopic (exact) mass is 1380 g/mol. The second-order valence-electron chi connectivity index (χ2n) is 25.4. The summed E-state index contributed by atoms with van der Waals surface area (Å²) >= 11 is 0. The maximum Gasteiger partial charge on any atom is 0.0836 e. The van der Waals surface area contributed by atoms with E-state index in [0.29, 0.717) is 51.4 Å². The molecule has 0 radical (unpaired) electrons. The first-order valence-corrected chi connectivity index (χ1v) is 37.6. The molecule has 0 aromatic carbocycles. The molecule has 0 saturated carbocycles. The number of rotatable bonds is 52. The van der Waals surface area contributed by atoms with Gasteiger partial charge in [0.15, 0.2) is 0 Å². The van der Waals surface area contributed by atoms with E-state index in [2.05, 4.69) is 153 Å². The summed E-state index contributed by atoms with van der Waals surface area (Å²) in [6, 6.07) is 0. The number of aliphatic hydroxyl groups excluding tert-OH is 4. The molecule has 0 aliphatic rings. The molecule has 0 aliphatic heterocycles. The van der Waals surface area contributed by atoms with Crippen molar-refractivity contribution in [2.24, 2.45) is 0 Å². The third kappa shape index (κ3) is 85.7. The summed E-state index contributed by atoms with van der Waals surface area (Å²) in [5, 5.41) is 80.1. The maximum atomic E-state index is 10.2. The number of hydrogen-bond donors (Lipinski definition) is 8. The molecule has 0 aliphatic carbocycles. The van der Waals surface area contributed by atoms with Crippen LogP contribution in [0.1, 0.15) is 237 Å². The Morgan fingerprint density at radius 3 is 0.580 bits per heavy atom. The Morgan fingerprint density at radius 2 is 0.400 bits per heavy atom. The summed E-state index contributed by atoms with van der Waals surface area (Å²) in [6.07, 6.45) is 113. The molecule has 0 spiro atoms. The second-order valence-corrected chi connectivity index (χ2v) is 25.4. The zero-order valence-electron chi connectivity index (χ0n) is 64.6. The Kier molecular flexibility index (Phi) is 75.0. The molecule has 100 heavy (non-hydrogen) atoms. The highest BCUT2D eigenvalue weighted by molar-refractivity contribution is 5.20. The molecule has 0 bridgehead atoms. The molecule has 8 heteroatoms.